The molecule has 0 bridgehead atoms. The van der Waals surface area contributed by atoms with Crippen molar-refractivity contribution in [3.8, 4) is 0 Å². The molecule has 2 aromatic rings. The highest BCUT2D eigenvalue weighted by atomic mass is 16.1. The summed E-state index contributed by atoms with van der Waals surface area (Å²) in [5.41, 5.74) is 1.33. The van der Waals surface area contributed by atoms with Crippen molar-refractivity contribution >= 4 is 23.2 Å². The van der Waals surface area contributed by atoms with E-state index in [1.807, 2.05) is 24.3 Å². The number of carbonyl (C=O) groups is 1. The van der Waals surface area contributed by atoms with Crippen LogP contribution in [0.25, 0.3) is 0 Å². The molecule has 0 saturated carbocycles. The Balaban J connectivity index is 1.48. The highest BCUT2D eigenvalue weighted by Crippen LogP contribution is 2.26. The third-order valence-electron chi connectivity index (χ3n) is 4.88. The number of anilines is 3. The number of hydrogen-bond donors (Lipinski definition) is 1. The molecule has 0 aromatic carbocycles. The van der Waals surface area contributed by atoms with E-state index in [1.165, 1.54) is 25.7 Å². The zero-order chi connectivity index (χ0) is 17.1. The standard InChI is InChI=1S/C19H23N5O/c25-19(15-7-8-17(21-14-15)23-10-1-2-11-23)22-16-6-5-9-20-18(16)24-12-3-4-13-24/h5-9,14H,1-4,10-13H2,(H,22,25). The zero-order valence-corrected chi connectivity index (χ0v) is 14.3. The Hall–Kier alpha value is -2.63. The summed E-state index contributed by atoms with van der Waals surface area (Å²) in [6.45, 7) is 4.08. The maximum absolute atomic E-state index is 12.6. The third-order valence-corrected chi connectivity index (χ3v) is 4.88. The number of nitrogens with zero attached hydrogens (tertiary/aromatic N) is 4. The van der Waals surface area contributed by atoms with Crippen LogP contribution in [0.15, 0.2) is 36.7 Å². The molecule has 0 aliphatic carbocycles. The van der Waals surface area contributed by atoms with E-state index in [-0.39, 0.29) is 5.91 Å². The van der Waals surface area contributed by atoms with Gasteiger partial charge in [-0.1, -0.05) is 0 Å². The van der Waals surface area contributed by atoms with Crippen LogP contribution in [-0.2, 0) is 0 Å². The fourth-order valence-electron chi connectivity index (χ4n) is 3.52. The predicted octanol–water partition coefficient (Wildman–Crippen LogP) is 2.93. The lowest BCUT2D eigenvalue weighted by Crippen LogP contribution is -2.22. The normalized spacial score (nSPS) is 17.1. The number of rotatable bonds is 4. The second kappa shape index (κ2) is 7.09. The van der Waals surface area contributed by atoms with E-state index in [2.05, 4.69) is 25.1 Å². The molecule has 0 unspecified atom stereocenters. The number of carbonyl (C=O) groups excluding carboxylic acids is 1. The van der Waals surface area contributed by atoms with Gasteiger partial charge in [0.05, 0.1) is 11.3 Å². The van der Waals surface area contributed by atoms with Crippen molar-refractivity contribution in [2.24, 2.45) is 0 Å². The van der Waals surface area contributed by atoms with Crippen LogP contribution in [0.2, 0.25) is 0 Å². The SMILES string of the molecule is O=C(Nc1cccnc1N1CCCC1)c1ccc(N2CCCC2)nc1. The summed E-state index contributed by atoms with van der Waals surface area (Å²) >= 11 is 0. The van der Waals surface area contributed by atoms with Crippen molar-refractivity contribution in [2.45, 2.75) is 25.7 Å². The third kappa shape index (κ3) is 3.43. The molecule has 2 saturated heterocycles. The van der Waals surface area contributed by atoms with E-state index < -0.39 is 0 Å². The van der Waals surface area contributed by atoms with Gasteiger partial charge in [0.2, 0.25) is 0 Å². The van der Waals surface area contributed by atoms with Crippen molar-refractivity contribution in [3.63, 3.8) is 0 Å². The van der Waals surface area contributed by atoms with Gasteiger partial charge in [0.1, 0.15) is 5.82 Å². The average molecular weight is 337 g/mol. The van der Waals surface area contributed by atoms with Crippen molar-refractivity contribution < 1.29 is 4.79 Å². The largest absolute Gasteiger partial charge is 0.357 e. The lowest BCUT2D eigenvalue weighted by Gasteiger charge is -2.20. The monoisotopic (exact) mass is 337 g/mol. The Morgan fingerprint density at radius 1 is 0.920 bits per heavy atom. The van der Waals surface area contributed by atoms with E-state index in [1.54, 1.807) is 12.4 Å². The first kappa shape index (κ1) is 15.9. The second-order valence-corrected chi connectivity index (χ2v) is 6.62. The molecule has 6 heteroatoms. The fourth-order valence-corrected chi connectivity index (χ4v) is 3.52. The van der Waals surface area contributed by atoms with E-state index >= 15 is 0 Å². The van der Waals surface area contributed by atoms with Gasteiger partial charge in [-0.15, -0.1) is 0 Å². The molecule has 2 aliphatic heterocycles. The van der Waals surface area contributed by atoms with Crippen LogP contribution < -0.4 is 15.1 Å². The molecular formula is C19H23N5O. The summed E-state index contributed by atoms with van der Waals surface area (Å²) in [5, 5.41) is 3.00. The van der Waals surface area contributed by atoms with Crippen LogP contribution in [0.3, 0.4) is 0 Å². The summed E-state index contributed by atoms with van der Waals surface area (Å²) in [6.07, 6.45) is 8.21. The van der Waals surface area contributed by atoms with E-state index in [0.29, 0.717) is 5.56 Å². The summed E-state index contributed by atoms with van der Waals surface area (Å²) < 4.78 is 0. The predicted molar refractivity (Wildman–Crippen MR) is 99.3 cm³/mol. The lowest BCUT2D eigenvalue weighted by atomic mass is 10.2. The van der Waals surface area contributed by atoms with Crippen LogP contribution in [0.5, 0.6) is 0 Å². The molecular weight excluding hydrogens is 314 g/mol. The van der Waals surface area contributed by atoms with Crippen LogP contribution in [-0.4, -0.2) is 42.1 Å². The van der Waals surface area contributed by atoms with Gasteiger partial charge in [-0.05, 0) is 49.9 Å². The van der Waals surface area contributed by atoms with Crippen LogP contribution in [0, 0.1) is 0 Å². The molecule has 0 atom stereocenters. The average Bonchev–Trinajstić information content (AvgIpc) is 3.36. The molecule has 25 heavy (non-hydrogen) atoms. The minimum Gasteiger partial charge on any atom is -0.357 e. The molecule has 2 aromatic heterocycles. The molecule has 6 nitrogen and oxygen atoms in total. The molecule has 1 N–H and O–H groups in total. The second-order valence-electron chi connectivity index (χ2n) is 6.62. The number of amides is 1. The summed E-state index contributed by atoms with van der Waals surface area (Å²) in [6, 6.07) is 7.54. The molecule has 130 valence electrons. The first-order valence-corrected chi connectivity index (χ1v) is 9.03. The van der Waals surface area contributed by atoms with Crippen molar-refractivity contribution in [3.05, 3.63) is 42.2 Å². The molecule has 2 aliphatic rings. The summed E-state index contributed by atoms with van der Waals surface area (Å²) in [7, 11) is 0. The van der Waals surface area contributed by atoms with Crippen LogP contribution in [0.1, 0.15) is 36.0 Å². The van der Waals surface area contributed by atoms with Crippen molar-refractivity contribution in [1.29, 1.82) is 0 Å². The quantitative estimate of drug-likeness (QED) is 0.929. The minimum atomic E-state index is -0.145. The maximum atomic E-state index is 12.6. The van der Waals surface area contributed by atoms with Gasteiger partial charge in [-0.3, -0.25) is 4.79 Å². The Kier molecular flexibility index (Phi) is 4.50. The molecule has 1 amide bonds. The Morgan fingerprint density at radius 3 is 2.32 bits per heavy atom. The van der Waals surface area contributed by atoms with Gasteiger partial charge in [-0.2, -0.15) is 0 Å². The van der Waals surface area contributed by atoms with Gasteiger partial charge in [0.15, 0.2) is 5.82 Å². The van der Waals surface area contributed by atoms with E-state index in [4.69, 9.17) is 0 Å². The molecule has 2 fully saturated rings. The first-order chi connectivity index (χ1) is 12.3. The maximum Gasteiger partial charge on any atom is 0.257 e. The number of aromatic nitrogens is 2. The number of pyridine rings is 2. The van der Waals surface area contributed by atoms with Gasteiger partial charge < -0.3 is 15.1 Å². The summed E-state index contributed by atoms with van der Waals surface area (Å²) in [4.78, 5) is 26.0. The smallest absolute Gasteiger partial charge is 0.257 e. The molecule has 0 spiro atoms. The molecule has 0 radical (unpaired) electrons. The van der Waals surface area contributed by atoms with E-state index in [9.17, 15) is 4.79 Å². The first-order valence-electron chi connectivity index (χ1n) is 9.03. The molecule has 4 rings (SSSR count). The van der Waals surface area contributed by atoms with Gasteiger partial charge >= 0.3 is 0 Å². The highest BCUT2D eigenvalue weighted by Gasteiger charge is 2.19. The number of hydrogen-bond acceptors (Lipinski definition) is 5. The van der Waals surface area contributed by atoms with Gasteiger partial charge in [-0.25, -0.2) is 9.97 Å². The van der Waals surface area contributed by atoms with E-state index in [0.717, 1.165) is 43.5 Å². The minimum absolute atomic E-state index is 0.145. The topological polar surface area (TPSA) is 61.4 Å². The molecule has 4 heterocycles. The Morgan fingerprint density at radius 2 is 1.64 bits per heavy atom. The zero-order valence-electron chi connectivity index (χ0n) is 14.3. The van der Waals surface area contributed by atoms with Gasteiger partial charge in [0.25, 0.3) is 5.91 Å². The summed E-state index contributed by atoms with van der Waals surface area (Å²) in [5.74, 6) is 1.66. The fraction of sp³-hybridized carbons (Fsp3) is 0.421. The van der Waals surface area contributed by atoms with Crippen molar-refractivity contribution in [1.82, 2.24) is 9.97 Å². The number of nitrogens with one attached hydrogen (secondary N) is 1. The van der Waals surface area contributed by atoms with Gasteiger partial charge in [0, 0.05) is 38.6 Å². The van der Waals surface area contributed by atoms with Crippen LogP contribution in [0.4, 0.5) is 17.3 Å². The highest BCUT2D eigenvalue weighted by molar-refractivity contribution is 6.05. The lowest BCUT2D eigenvalue weighted by molar-refractivity contribution is 0.102. The van der Waals surface area contributed by atoms with Crippen molar-refractivity contribution in [2.75, 3.05) is 41.3 Å². The van der Waals surface area contributed by atoms with Crippen LogP contribution >= 0.6 is 0 Å². The Bertz CT molecular complexity index is 734. The Labute approximate surface area is 147 Å².